The third kappa shape index (κ3) is 3.50. The van der Waals surface area contributed by atoms with E-state index in [0.717, 1.165) is 16.7 Å². The SMILES string of the molecule is CC.CC.CNc1cccc2nccnc12. The first-order chi connectivity index (χ1) is 7.92. The minimum absolute atomic E-state index is 0.919. The summed E-state index contributed by atoms with van der Waals surface area (Å²) in [6.45, 7) is 8.00. The van der Waals surface area contributed by atoms with Crippen LogP contribution in [0.2, 0.25) is 0 Å². The molecule has 0 aliphatic rings. The van der Waals surface area contributed by atoms with Gasteiger partial charge in [0.15, 0.2) is 0 Å². The Hall–Kier alpha value is -1.64. The molecule has 0 radical (unpaired) electrons. The van der Waals surface area contributed by atoms with Gasteiger partial charge in [-0.3, -0.25) is 9.97 Å². The molecular weight excluding hydrogens is 198 g/mol. The second-order valence-electron chi connectivity index (χ2n) is 2.48. The van der Waals surface area contributed by atoms with Gasteiger partial charge < -0.3 is 5.32 Å². The molecule has 0 atom stereocenters. The van der Waals surface area contributed by atoms with Crippen molar-refractivity contribution in [2.45, 2.75) is 27.7 Å². The zero-order valence-electron chi connectivity index (χ0n) is 10.8. The van der Waals surface area contributed by atoms with E-state index in [1.54, 1.807) is 12.4 Å². The van der Waals surface area contributed by atoms with Gasteiger partial charge in [0.1, 0.15) is 5.52 Å². The molecule has 0 spiro atoms. The molecule has 2 rings (SSSR count). The van der Waals surface area contributed by atoms with Crippen molar-refractivity contribution in [1.29, 1.82) is 0 Å². The van der Waals surface area contributed by atoms with E-state index in [2.05, 4.69) is 15.3 Å². The molecule has 16 heavy (non-hydrogen) atoms. The zero-order chi connectivity index (χ0) is 12.4. The summed E-state index contributed by atoms with van der Waals surface area (Å²) in [5.41, 5.74) is 2.85. The fourth-order valence-electron chi connectivity index (χ4n) is 1.19. The molecule has 3 heteroatoms. The zero-order valence-corrected chi connectivity index (χ0v) is 10.8. The fraction of sp³-hybridized carbons (Fsp3) is 0.385. The Morgan fingerprint density at radius 2 is 1.56 bits per heavy atom. The van der Waals surface area contributed by atoms with Crippen molar-refractivity contribution in [2.24, 2.45) is 0 Å². The highest BCUT2D eigenvalue weighted by Crippen LogP contribution is 2.17. The summed E-state index contributed by atoms with van der Waals surface area (Å²) in [4.78, 5) is 8.41. The average molecular weight is 219 g/mol. The van der Waals surface area contributed by atoms with Gasteiger partial charge in [0, 0.05) is 19.4 Å². The number of hydrogen-bond donors (Lipinski definition) is 1. The largest absolute Gasteiger partial charge is 0.386 e. The minimum Gasteiger partial charge on any atom is -0.386 e. The predicted octanol–water partition coefficient (Wildman–Crippen LogP) is 3.72. The van der Waals surface area contributed by atoms with Crippen molar-refractivity contribution in [2.75, 3.05) is 12.4 Å². The molecule has 0 amide bonds. The molecule has 3 nitrogen and oxygen atoms in total. The highest BCUT2D eigenvalue weighted by molar-refractivity contribution is 5.87. The maximum Gasteiger partial charge on any atom is 0.112 e. The number of fused-ring (bicyclic) bond motifs is 1. The van der Waals surface area contributed by atoms with Crippen LogP contribution in [0.25, 0.3) is 11.0 Å². The van der Waals surface area contributed by atoms with Crippen LogP contribution < -0.4 is 5.32 Å². The molecule has 0 aliphatic carbocycles. The normalized spacial score (nSPS) is 8.31. The van der Waals surface area contributed by atoms with Crippen LogP contribution in [0, 0.1) is 0 Å². The van der Waals surface area contributed by atoms with Crippen molar-refractivity contribution in [3.05, 3.63) is 30.6 Å². The fourth-order valence-corrected chi connectivity index (χ4v) is 1.19. The molecule has 1 N–H and O–H groups in total. The van der Waals surface area contributed by atoms with Gasteiger partial charge in [-0.15, -0.1) is 0 Å². The highest BCUT2D eigenvalue weighted by Gasteiger charge is 1.98. The van der Waals surface area contributed by atoms with Gasteiger partial charge in [0.05, 0.1) is 11.2 Å². The third-order valence-electron chi connectivity index (χ3n) is 1.77. The number of rotatable bonds is 1. The Balaban J connectivity index is 0.000000509. The van der Waals surface area contributed by atoms with Gasteiger partial charge in [-0.25, -0.2) is 0 Å². The average Bonchev–Trinajstić information content (AvgIpc) is 2.42. The monoisotopic (exact) mass is 219 g/mol. The minimum atomic E-state index is 0.919. The first kappa shape index (κ1) is 14.4. The number of benzene rings is 1. The van der Waals surface area contributed by atoms with Gasteiger partial charge >= 0.3 is 0 Å². The Morgan fingerprint density at radius 1 is 0.938 bits per heavy atom. The van der Waals surface area contributed by atoms with Gasteiger partial charge in [0.25, 0.3) is 0 Å². The number of para-hydroxylation sites is 1. The molecule has 0 aliphatic heterocycles. The summed E-state index contributed by atoms with van der Waals surface area (Å²) >= 11 is 0. The van der Waals surface area contributed by atoms with Crippen LogP contribution in [0.1, 0.15) is 27.7 Å². The van der Waals surface area contributed by atoms with E-state index in [4.69, 9.17) is 0 Å². The highest BCUT2D eigenvalue weighted by atomic mass is 14.9. The predicted molar refractivity (Wildman–Crippen MR) is 71.8 cm³/mol. The van der Waals surface area contributed by atoms with E-state index >= 15 is 0 Å². The molecule has 0 bridgehead atoms. The van der Waals surface area contributed by atoms with Crippen LogP contribution in [0.15, 0.2) is 30.6 Å². The third-order valence-corrected chi connectivity index (χ3v) is 1.77. The van der Waals surface area contributed by atoms with Crippen LogP contribution in [0.3, 0.4) is 0 Å². The summed E-state index contributed by atoms with van der Waals surface area (Å²) in [6, 6.07) is 5.89. The van der Waals surface area contributed by atoms with E-state index in [1.165, 1.54) is 0 Å². The smallest absolute Gasteiger partial charge is 0.112 e. The maximum atomic E-state index is 4.23. The van der Waals surface area contributed by atoms with Gasteiger partial charge in [0.2, 0.25) is 0 Å². The first-order valence-corrected chi connectivity index (χ1v) is 5.79. The Bertz CT molecular complexity index is 394. The summed E-state index contributed by atoms with van der Waals surface area (Å²) in [5, 5.41) is 3.07. The lowest BCUT2D eigenvalue weighted by Crippen LogP contribution is -1.91. The van der Waals surface area contributed by atoms with Gasteiger partial charge in [-0.05, 0) is 12.1 Å². The van der Waals surface area contributed by atoms with Crippen molar-refractivity contribution >= 4 is 16.7 Å². The van der Waals surface area contributed by atoms with E-state index in [0.29, 0.717) is 0 Å². The maximum absolute atomic E-state index is 4.23. The van der Waals surface area contributed by atoms with E-state index < -0.39 is 0 Å². The molecule has 0 saturated heterocycles. The Morgan fingerprint density at radius 3 is 2.19 bits per heavy atom. The second kappa shape index (κ2) is 8.65. The summed E-state index contributed by atoms with van der Waals surface area (Å²) in [6.07, 6.45) is 3.39. The molecule has 1 aromatic heterocycles. The van der Waals surface area contributed by atoms with Gasteiger partial charge in [-0.1, -0.05) is 33.8 Å². The number of nitrogens with one attached hydrogen (secondary N) is 1. The van der Waals surface area contributed by atoms with Crippen molar-refractivity contribution < 1.29 is 0 Å². The summed E-state index contributed by atoms with van der Waals surface area (Å²) < 4.78 is 0. The van der Waals surface area contributed by atoms with Crippen LogP contribution in [-0.4, -0.2) is 17.0 Å². The second-order valence-corrected chi connectivity index (χ2v) is 2.48. The number of hydrogen-bond acceptors (Lipinski definition) is 3. The van der Waals surface area contributed by atoms with Crippen molar-refractivity contribution in [3.8, 4) is 0 Å². The molecular formula is C13H21N3. The lowest BCUT2D eigenvalue weighted by Gasteiger charge is -2.02. The van der Waals surface area contributed by atoms with Gasteiger partial charge in [-0.2, -0.15) is 0 Å². The standard InChI is InChI=1S/C9H9N3.2C2H6/c1-10-7-3-2-4-8-9(7)12-6-5-11-8;2*1-2/h2-6,10H,1H3;2*1-2H3. The summed E-state index contributed by atoms with van der Waals surface area (Å²) in [5.74, 6) is 0. The lowest BCUT2D eigenvalue weighted by molar-refractivity contribution is 1.29. The number of nitrogens with zero attached hydrogens (tertiary/aromatic N) is 2. The molecule has 1 aromatic carbocycles. The molecule has 2 aromatic rings. The Labute approximate surface area is 97.9 Å². The number of anilines is 1. The molecule has 88 valence electrons. The molecule has 0 unspecified atom stereocenters. The van der Waals surface area contributed by atoms with E-state index in [9.17, 15) is 0 Å². The van der Waals surface area contributed by atoms with Crippen molar-refractivity contribution in [3.63, 3.8) is 0 Å². The quantitative estimate of drug-likeness (QED) is 0.794. The Kier molecular flexibility index (Phi) is 7.76. The van der Waals surface area contributed by atoms with E-state index in [1.807, 2.05) is 52.9 Å². The first-order valence-electron chi connectivity index (χ1n) is 5.79. The van der Waals surface area contributed by atoms with E-state index in [-0.39, 0.29) is 0 Å². The van der Waals surface area contributed by atoms with Crippen LogP contribution in [0.5, 0.6) is 0 Å². The van der Waals surface area contributed by atoms with Crippen LogP contribution in [-0.2, 0) is 0 Å². The lowest BCUT2D eigenvalue weighted by atomic mass is 10.2. The molecule has 0 saturated carbocycles. The number of aromatic nitrogens is 2. The van der Waals surface area contributed by atoms with Crippen LogP contribution in [0.4, 0.5) is 5.69 Å². The van der Waals surface area contributed by atoms with Crippen molar-refractivity contribution in [1.82, 2.24) is 9.97 Å². The van der Waals surface area contributed by atoms with Crippen LogP contribution >= 0.6 is 0 Å². The topological polar surface area (TPSA) is 37.8 Å². The summed E-state index contributed by atoms with van der Waals surface area (Å²) in [7, 11) is 1.88. The molecule has 1 heterocycles. The molecule has 0 fully saturated rings.